The van der Waals surface area contributed by atoms with Gasteiger partial charge >= 0.3 is 0 Å². The predicted octanol–water partition coefficient (Wildman–Crippen LogP) is 2.61. The van der Waals surface area contributed by atoms with Gasteiger partial charge in [0.2, 0.25) is 0 Å². The van der Waals surface area contributed by atoms with Gasteiger partial charge in [0.25, 0.3) is 5.91 Å². The largest absolute Gasteiger partial charge is 0.497 e. The summed E-state index contributed by atoms with van der Waals surface area (Å²) in [5.41, 5.74) is 2.20. The second kappa shape index (κ2) is 5.63. The number of benzene rings is 2. The van der Waals surface area contributed by atoms with Crippen molar-refractivity contribution < 1.29 is 9.53 Å². The van der Waals surface area contributed by atoms with E-state index in [-0.39, 0.29) is 5.91 Å². The van der Waals surface area contributed by atoms with E-state index in [0.717, 1.165) is 16.9 Å². The molecule has 0 aromatic heterocycles. The smallest absolute Gasteiger partial charge is 0.275 e. The summed E-state index contributed by atoms with van der Waals surface area (Å²) in [6.07, 6.45) is 1.77. The van der Waals surface area contributed by atoms with Crippen LogP contribution in [0.15, 0.2) is 65.3 Å². The van der Waals surface area contributed by atoms with Gasteiger partial charge in [-0.1, -0.05) is 30.3 Å². The summed E-state index contributed by atoms with van der Waals surface area (Å²) in [6, 6.07) is 17.0. The molecule has 3 rings (SSSR count). The zero-order chi connectivity index (χ0) is 14.7. The van der Waals surface area contributed by atoms with Gasteiger partial charge < -0.3 is 10.1 Å². The van der Waals surface area contributed by atoms with E-state index in [4.69, 9.17) is 4.74 Å². The molecule has 0 aliphatic carbocycles. The summed E-state index contributed by atoms with van der Waals surface area (Å²) in [5, 5.41) is 2.78. The number of rotatable bonds is 3. The highest BCUT2D eigenvalue weighted by Crippen LogP contribution is 2.17. The lowest BCUT2D eigenvalue weighted by atomic mass is 10.2. The van der Waals surface area contributed by atoms with Crippen molar-refractivity contribution in [1.82, 2.24) is 5.32 Å². The maximum Gasteiger partial charge on any atom is 0.275 e. The molecule has 0 saturated carbocycles. The van der Waals surface area contributed by atoms with Gasteiger partial charge in [0.1, 0.15) is 17.3 Å². The number of ether oxygens (including phenoxy) is 1. The van der Waals surface area contributed by atoms with Crippen molar-refractivity contribution in [2.45, 2.75) is 0 Å². The van der Waals surface area contributed by atoms with Crippen LogP contribution < -0.4 is 10.1 Å². The van der Waals surface area contributed by atoms with E-state index in [2.05, 4.69) is 10.3 Å². The minimum Gasteiger partial charge on any atom is -0.497 e. The van der Waals surface area contributed by atoms with Gasteiger partial charge in [-0.15, -0.1) is 0 Å². The Hall–Kier alpha value is -2.88. The quantitative estimate of drug-likeness (QED) is 0.877. The van der Waals surface area contributed by atoms with Crippen LogP contribution in [0.25, 0.3) is 6.08 Å². The maximum absolute atomic E-state index is 12.0. The molecule has 21 heavy (non-hydrogen) atoms. The van der Waals surface area contributed by atoms with Crippen LogP contribution >= 0.6 is 0 Å². The first kappa shape index (κ1) is 13.1. The number of methoxy groups -OCH3 is 1. The van der Waals surface area contributed by atoms with Crippen molar-refractivity contribution in [1.29, 1.82) is 0 Å². The molecule has 0 saturated heterocycles. The highest BCUT2D eigenvalue weighted by atomic mass is 16.5. The number of nitrogens with zero attached hydrogens (tertiary/aromatic N) is 1. The normalized spacial score (nSPS) is 15.8. The lowest BCUT2D eigenvalue weighted by molar-refractivity contribution is -0.115. The fraction of sp³-hybridized carbons (Fsp3) is 0.0588. The van der Waals surface area contributed by atoms with Gasteiger partial charge in [-0.2, -0.15) is 0 Å². The Morgan fingerprint density at radius 3 is 2.43 bits per heavy atom. The molecular formula is C17H14N2O2. The Bertz CT molecular complexity index is 716. The van der Waals surface area contributed by atoms with Gasteiger partial charge in [0.15, 0.2) is 0 Å². The predicted molar refractivity (Wildman–Crippen MR) is 82.1 cm³/mol. The van der Waals surface area contributed by atoms with Gasteiger partial charge in [0, 0.05) is 5.56 Å². The molecule has 1 aliphatic heterocycles. The van der Waals surface area contributed by atoms with Crippen LogP contribution in [-0.4, -0.2) is 18.9 Å². The second-order valence-corrected chi connectivity index (χ2v) is 4.58. The van der Waals surface area contributed by atoms with E-state index >= 15 is 0 Å². The molecule has 0 atom stereocenters. The minimum absolute atomic E-state index is 0.190. The molecule has 0 bridgehead atoms. The third-order valence-electron chi connectivity index (χ3n) is 3.16. The van der Waals surface area contributed by atoms with Crippen molar-refractivity contribution in [3.05, 3.63) is 71.4 Å². The van der Waals surface area contributed by atoms with Crippen LogP contribution in [-0.2, 0) is 4.79 Å². The molecule has 1 amide bonds. The average molecular weight is 278 g/mol. The Morgan fingerprint density at radius 2 is 1.76 bits per heavy atom. The summed E-state index contributed by atoms with van der Waals surface area (Å²) >= 11 is 0. The molecule has 1 N–H and O–H groups in total. The summed E-state index contributed by atoms with van der Waals surface area (Å²) in [6.45, 7) is 0. The highest BCUT2D eigenvalue weighted by Gasteiger charge is 2.20. The first-order valence-electron chi connectivity index (χ1n) is 6.57. The molecule has 0 spiro atoms. The van der Waals surface area contributed by atoms with E-state index in [9.17, 15) is 4.79 Å². The molecule has 0 radical (unpaired) electrons. The van der Waals surface area contributed by atoms with Gasteiger partial charge in [0.05, 0.1) is 7.11 Å². The van der Waals surface area contributed by atoms with Crippen molar-refractivity contribution in [2.24, 2.45) is 4.99 Å². The Balaban J connectivity index is 1.89. The van der Waals surface area contributed by atoms with E-state index in [1.165, 1.54) is 0 Å². The minimum atomic E-state index is -0.190. The fourth-order valence-electron chi connectivity index (χ4n) is 2.06. The SMILES string of the molecule is COc1ccc(C2=N/C(=C/c3ccccc3)C(=O)N2)cc1. The van der Waals surface area contributed by atoms with Crippen molar-refractivity contribution in [3.8, 4) is 5.75 Å². The average Bonchev–Trinajstić information content (AvgIpc) is 2.89. The second-order valence-electron chi connectivity index (χ2n) is 4.58. The highest BCUT2D eigenvalue weighted by molar-refractivity contribution is 6.19. The molecule has 4 heteroatoms. The lowest BCUT2D eigenvalue weighted by Gasteiger charge is -2.02. The van der Waals surface area contributed by atoms with E-state index in [1.54, 1.807) is 13.2 Å². The topological polar surface area (TPSA) is 50.7 Å². The van der Waals surface area contributed by atoms with Crippen LogP contribution in [0.3, 0.4) is 0 Å². The number of hydrogen-bond donors (Lipinski definition) is 1. The van der Waals surface area contributed by atoms with Crippen LogP contribution in [0.2, 0.25) is 0 Å². The monoisotopic (exact) mass is 278 g/mol. The van der Waals surface area contributed by atoms with Crippen LogP contribution in [0.4, 0.5) is 0 Å². The third-order valence-corrected chi connectivity index (χ3v) is 3.16. The fourth-order valence-corrected chi connectivity index (χ4v) is 2.06. The summed E-state index contributed by atoms with van der Waals surface area (Å²) < 4.78 is 5.11. The molecule has 2 aromatic rings. The molecule has 2 aromatic carbocycles. The molecule has 104 valence electrons. The van der Waals surface area contributed by atoms with Gasteiger partial charge in [-0.05, 0) is 35.9 Å². The van der Waals surface area contributed by atoms with Crippen LogP contribution in [0.5, 0.6) is 5.75 Å². The molecule has 4 nitrogen and oxygen atoms in total. The van der Waals surface area contributed by atoms with Crippen molar-refractivity contribution >= 4 is 17.8 Å². The Kier molecular flexibility index (Phi) is 3.51. The lowest BCUT2D eigenvalue weighted by Crippen LogP contribution is -2.24. The van der Waals surface area contributed by atoms with E-state index in [1.807, 2.05) is 54.6 Å². The third kappa shape index (κ3) is 2.84. The van der Waals surface area contributed by atoms with E-state index in [0.29, 0.717) is 11.5 Å². The number of carbonyl (C=O) groups excluding carboxylic acids is 1. The zero-order valence-electron chi connectivity index (χ0n) is 11.5. The summed E-state index contributed by atoms with van der Waals surface area (Å²) in [4.78, 5) is 16.3. The molecule has 0 unspecified atom stereocenters. The number of hydrogen-bond acceptors (Lipinski definition) is 3. The number of amidine groups is 1. The van der Waals surface area contributed by atoms with E-state index < -0.39 is 0 Å². The number of nitrogens with one attached hydrogen (secondary N) is 1. The first-order chi connectivity index (χ1) is 10.3. The summed E-state index contributed by atoms with van der Waals surface area (Å²) in [5.74, 6) is 1.14. The van der Waals surface area contributed by atoms with Gasteiger partial charge in [-0.3, -0.25) is 4.79 Å². The molecule has 0 fully saturated rings. The standard InChI is InChI=1S/C17H14N2O2/c1-21-14-9-7-13(8-10-14)16-18-15(17(20)19-16)11-12-5-3-2-4-6-12/h2-11H,1H3,(H,18,19,20)/b15-11+. The van der Waals surface area contributed by atoms with Crippen molar-refractivity contribution in [3.63, 3.8) is 0 Å². The van der Waals surface area contributed by atoms with Crippen LogP contribution in [0.1, 0.15) is 11.1 Å². The Labute approximate surface area is 122 Å². The van der Waals surface area contributed by atoms with Crippen LogP contribution in [0, 0.1) is 0 Å². The van der Waals surface area contributed by atoms with Gasteiger partial charge in [-0.25, -0.2) is 4.99 Å². The molecule has 1 heterocycles. The van der Waals surface area contributed by atoms with Crippen molar-refractivity contribution in [2.75, 3.05) is 7.11 Å². The first-order valence-corrected chi connectivity index (χ1v) is 6.57. The molecule has 1 aliphatic rings. The Morgan fingerprint density at radius 1 is 1.05 bits per heavy atom. The number of aliphatic imine (C=N–C) groups is 1. The number of carbonyl (C=O) groups is 1. The number of amides is 1. The summed E-state index contributed by atoms with van der Waals surface area (Å²) in [7, 11) is 1.62. The maximum atomic E-state index is 12.0. The zero-order valence-corrected chi connectivity index (χ0v) is 11.5. The molecular weight excluding hydrogens is 264 g/mol.